The maximum Gasteiger partial charge on any atom is 0.297 e. The molecule has 8 heteroatoms. The maximum absolute atomic E-state index is 13.7. The first kappa shape index (κ1) is 21.1. The van der Waals surface area contributed by atoms with Crippen LogP contribution in [-0.2, 0) is 6.42 Å². The first-order valence-electron chi connectivity index (χ1n) is 10.6. The number of carbonyl (C=O) groups excluding carboxylic acids is 1. The fourth-order valence-corrected chi connectivity index (χ4v) is 4.82. The Bertz CT molecular complexity index is 1460. The van der Waals surface area contributed by atoms with Gasteiger partial charge < -0.3 is 9.15 Å². The number of benzene rings is 2. The highest BCUT2D eigenvalue weighted by atomic mass is 32.1. The summed E-state index contributed by atoms with van der Waals surface area (Å²) >= 11 is 1.33. The lowest BCUT2D eigenvalue weighted by Crippen LogP contribution is -2.29. The van der Waals surface area contributed by atoms with Crippen molar-refractivity contribution < 1.29 is 13.9 Å². The number of nitrogens with zero attached hydrogens (tertiary/aromatic N) is 3. The predicted molar refractivity (Wildman–Crippen MR) is 127 cm³/mol. The molecule has 1 aliphatic rings. The van der Waals surface area contributed by atoms with E-state index in [4.69, 9.17) is 9.15 Å². The Hall–Kier alpha value is -3.78. The van der Waals surface area contributed by atoms with Crippen LogP contribution in [-0.4, -0.2) is 22.7 Å². The molecule has 2 aromatic carbocycles. The van der Waals surface area contributed by atoms with E-state index in [1.807, 2.05) is 44.2 Å². The second-order valence-corrected chi connectivity index (χ2v) is 8.80. The Kier molecular flexibility index (Phi) is 5.30. The van der Waals surface area contributed by atoms with Gasteiger partial charge in [-0.25, -0.2) is 0 Å². The van der Waals surface area contributed by atoms with Crippen LogP contribution >= 0.6 is 11.3 Å². The standard InChI is InChI=1S/C25H21N3O4S/c1-4-11-31-16-8-6-7-15(13-16)21-20-22(29)17-12-14(3)9-10-18(17)32-23(20)24(30)28(21)25-27-26-19(5-2)33-25/h4,6-10,12-13,21H,1,5,11H2,2-3H3/t21-/m0/s1. The van der Waals surface area contributed by atoms with Gasteiger partial charge in [-0.1, -0.05) is 54.7 Å². The molecule has 0 aliphatic carbocycles. The molecule has 1 atom stereocenters. The largest absolute Gasteiger partial charge is 0.490 e. The zero-order chi connectivity index (χ0) is 23.1. The summed E-state index contributed by atoms with van der Waals surface area (Å²) in [5.74, 6) is 0.235. The molecule has 0 radical (unpaired) electrons. The first-order valence-corrected chi connectivity index (χ1v) is 11.4. The van der Waals surface area contributed by atoms with Gasteiger partial charge in [0.1, 0.15) is 22.9 Å². The third kappa shape index (κ3) is 3.52. The Morgan fingerprint density at radius 3 is 2.82 bits per heavy atom. The molecule has 0 unspecified atom stereocenters. The lowest BCUT2D eigenvalue weighted by atomic mass is 9.98. The Balaban J connectivity index is 1.75. The summed E-state index contributed by atoms with van der Waals surface area (Å²) in [7, 11) is 0. The summed E-state index contributed by atoms with van der Waals surface area (Å²) in [6, 6.07) is 12.0. The summed E-state index contributed by atoms with van der Waals surface area (Å²) in [6.07, 6.45) is 2.35. The number of amides is 1. The summed E-state index contributed by atoms with van der Waals surface area (Å²) in [5, 5.41) is 10.1. The van der Waals surface area contributed by atoms with E-state index < -0.39 is 11.9 Å². The molecule has 0 saturated heterocycles. The van der Waals surface area contributed by atoms with E-state index in [2.05, 4.69) is 16.8 Å². The molecule has 5 rings (SSSR count). The second kappa shape index (κ2) is 8.29. The van der Waals surface area contributed by atoms with Crippen molar-refractivity contribution in [2.75, 3.05) is 11.5 Å². The van der Waals surface area contributed by atoms with Gasteiger partial charge in [-0.05, 0) is 43.2 Å². The molecule has 4 aromatic rings. The fourth-order valence-electron chi connectivity index (χ4n) is 4.01. The van der Waals surface area contributed by atoms with Crippen molar-refractivity contribution in [3.8, 4) is 5.75 Å². The van der Waals surface area contributed by atoms with Gasteiger partial charge in [0.2, 0.25) is 10.9 Å². The van der Waals surface area contributed by atoms with Gasteiger partial charge >= 0.3 is 0 Å². The van der Waals surface area contributed by atoms with Crippen molar-refractivity contribution in [2.45, 2.75) is 26.3 Å². The molecule has 1 aliphatic heterocycles. The smallest absolute Gasteiger partial charge is 0.297 e. The molecular weight excluding hydrogens is 438 g/mol. The van der Waals surface area contributed by atoms with Gasteiger partial charge in [-0.3, -0.25) is 14.5 Å². The van der Waals surface area contributed by atoms with Crippen molar-refractivity contribution in [2.24, 2.45) is 0 Å². The van der Waals surface area contributed by atoms with Gasteiger partial charge in [0.15, 0.2) is 5.43 Å². The minimum atomic E-state index is -0.710. The topological polar surface area (TPSA) is 85.5 Å². The number of carbonyl (C=O) groups is 1. The molecule has 0 N–H and O–H groups in total. The number of rotatable bonds is 6. The number of ether oxygens (including phenoxy) is 1. The average Bonchev–Trinajstić information content (AvgIpc) is 3.41. The zero-order valence-electron chi connectivity index (χ0n) is 18.2. The van der Waals surface area contributed by atoms with Gasteiger partial charge in [0.25, 0.3) is 5.91 Å². The minimum Gasteiger partial charge on any atom is -0.490 e. The van der Waals surface area contributed by atoms with E-state index in [0.29, 0.717) is 40.4 Å². The zero-order valence-corrected chi connectivity index (χ0v) is 19.0. The number of fused-ring (bicyclic) bond motifs is 2. The predicted octanol–water partition coefficient (Wildman–Crippen LogP) is 4.83. The van der Waals surface area contributed by atoms with E-state index in [1.165, 1.54) is 16.2 Å². The van der Waals surface area contributed by atoms with Crippen LogP contribution in [0, 0.1) is 6.92 Å². The summed E-state index contributed by atoms with van der Waals surface area (Å²) in [4.78, 5) is 28.8. The highest BCUT2D eigenvalue weighted by Gasteiger charge is 2.45. The first-order chi connectivity index (χ1) is 16.0. The highest BCUT2D eigenvalue weighted by molar-refractivity contribution is 7.15. The SMILES string of the molecule is C=CCOc1cccc([C@H]2c3c(oc4ccc(C)cc4c3=O)C(=O)N2c2nnc(CC)s2)c1. The van der Waals surface area contributed by atoms with Crippen LogP contribution in [0.25, 0.3) is 11.0 Å². The molecule has 0 spiro atoms. The van der Waals surface area contributed by atoms with Gasteiger partial charge in [0, 0.05) is 0 Å². The van der Waals surface area contributed by atoms with Crippen LogP contribution in [0.4, 0.5) is 5.13 Å². The van der Waals surface area contributed by atoms with Gasteiger partial charge in [0.05, 0.1) is 17.0 Å². The minimum absolute atomic E-state index is 0.0343. The molecule has 1 amide bonds. The van der Waals surface area contributed by atoms with Gasteiger partial charge in [-0.2, -0.15) is 0 Å². The van der Waals surface area contributed by atoms with Crippen LogP contribution in [0.5, 0.6) is 5.75 Å². The summed E-state index contributed by atoms with van der Waals surface area (Å²) < 4.78 is 11.7. The van der Waals surface area contributed by atoms with E-state index in [9.17, 15) is 9.59 Å². The van der Waals surface area contributed by atoms with E-state index in [1.54, 1.807) is 18.2 Å². The molecule has 3 heterocycles. The molecule has 166 valence electrons. The Morgan fingerprint density at radius 1 is 1.21 bits per heavy atom. The van der Waals surface area contributed by atoms with Crippen molar-refractivity contribution in [3.05, 3.63) is 92.8 Å². The second-order valence-electron chi connectivity index (χ2n) is 7.76. The Morgan fingerprint density at radius 2 is 2.06 bits per heavy atom. The van der Waals surface area contributed by atoms with E-state index in [-0.39, 0.29) is 11.2 Å². The number of anilines is 1. The lowest BCUT2D eigenvalue weighted by Gasteiger charge is -2.22. The van der Waals surface area contributed by atoms with Crippen molar-refractivity contribution >= 4 is 33.3 Å². The number of hydrogen-bond acceptors (Lipinski definition) is 7. The molecule has 7 nitrogen and oxygen atoms in total. The Labute approximate surface area is 194 Å². The van der Waals surface area contributed by atoms with E-state index in [0.717, 1.165) is 16.1 Å². The summed E-state index contributed by atoms with van der Waals surface area (Å²) in [6.45, 7) is 7.91. The molecule has 0 saturated carbocycles. The fraction of sp³-hybridized carbons (Fsp3) is 0.200. The molecule has 2 aromatic heterocycles. The lowest BCUT2D eigenvalue weighted by molar-refractivity contribution is 0.0970. The van der Waals surface area contributed by atoms with Crippen LogP contribution in [0.1, 0.15) is 45.2 Å². The molecular formula is C25H21N3O4S. The molecule has 0 fully saturated rings. The number of aromatic nitrogens is 2. The third-order valence-corrected chi connectivity index (χ3v) is 6.60. The van der Waals surface area contributed by atoms with Crippen LogP contribution in [0.2, 0.25) is 0 Å². The van der Waals surface area contributed by atoms with Gasteiger partial charge in [-0.15, -0.1) is 10.2 Å². The summed E-state index contributed by atoms with van der Waals surface area (Å²) in [5.41, 5.74) is 2.11. The van der Waals surface area contributed by atoms with Crippen molar-refractivity contribution in [1.82, 2.24) is 10.2 Å². The van der Waals surface area contributed by atoms with Crippen LogP contribution < -0.4 is 15.1 Å². The third-order valence-electron chi connectivity index (χ3n) is 5.53. The average molecular weight is 460 g/mol. The molecule has 0 bridgehead atoms. The van der Waals surface area contributed by atoms with Crippen LogP contribution in [0.3, 0.4) is 0 Å². The normalized spacial score (nSPS) is 15.2. The maximum atomic E-state index is 13.7. The van der Waals surface area contributed by atoms with Crippen molar-refractivity contribution in [1.29, 1.82) is 0 Å². The van der Waals surface area contributed by atoms with E-state index >= 15 is 0 Å². The van der Waals surface area contributed by atoms with Crippen molar-refractivity contribution in [3.63, 3.8) is 0 Å². The number of aryl methyl sites for hydroxylation is 2. The number of hydrogen-bond donors (Lipinski definition) is 0. The molecule has 33 heavy (non-hydrogen) atoms. The highest BCUT2D eigenvalue weighted by Crippen LogP contribution is 2.42. The quantitative estimate of drug-likeness (QED) is 0.384. The van der Waals surface area contributed by atoms with Crippen LogP contribution in [0.15, 0.2) is 64.3 Å². The monoisotopic (exact) mass is 459 g/mol.